The molecule has 1 amide bonds. The third-order valence-electron chi connectivity index (χ3n) is 3.96. The van der Waals surface area contributed by atoms with Crippen LogP contribution < -0.4 is 15.8 Å². The fourth-order valence-electron chi connectivity index (χ4n) is 2.61. The van der Waals surface area contributed by atoms with Crippen LogP contribution in [0.25, 0.3) is 10.9 Å². The van der Waals surface area contributed by atoms with Crippen LogP contribution in [0.1, 0.15) is 22.0 Å². The molecule has 0 fully saturated rings. The van der Waals surface area contributed by atoms with E-state index in [0.29, 0.717) is 22.3 Å². The molecule has 6 heteroatoms. The van der Waals surface area contributed by atoms with Crippen molar-refractivity contribution in [3.8, 4) is 5.75 Å². The smallest absolute Gasteiger partial charge is 0.249 e. The molecule has 0 aliphatic heterocycles. The van der Waals surface area contributed by atoms with E-state index in [1.165, 1.54) is 0 Å². The van der Waals surface area contributed by atoms with Crippen molar-refractivity contribution in [1.82, 2.24) is 4.98 Å². The molecule has 3 aromatic rings. The number of nitrogens with one attached hydrogen (secondary N) is 1. The number of aromatic nitrogens is 1. The molecule has 0 saturated carbocycles. The molecule has 3 rings (SSSR count). The summed E-state index contributed by atoms with van der Waals surface area (Å²) >= 11 is 0. The molecule has 0 unspecified atom stereocenters. The molecule has 0 aliphatic rings. The Morgan fingerprint density at radius 3 is 2.64 bits per heavy atom. The minimum Gasteiger partial charge on any atom is -0.497 e. The summed E-state index contributed by atoms with van der Waals surface area (Å²) in [6, 6.07) is 16.1. The second kappa shape index (κ2) is 7.19. The van der Waals surface area contributed by atoms with Crippen molar-refractivity contribution in [3.63, 3.8) is 0 Å². The first-order valence-electron chi connectivity index (χ1n) is 7.84. The number of rotatable bonds is 6. The summed E-state index contributed by atoms with van der Waals surface area (Å²) in [6.07, 6.45) is -0.726. The first-order valence-corrected chi connectivity index (χ1v) is 7.84. The molecule has 4 N–H and O–H groups in total. The van der Waals surface area contributed by atoms with Crippen molar-refractivity contribution in [2.24, 2.45) is 5.73 Å². The van der Waals surface area contributed by atoms with Crippen molar-refractivity contribution in [2.45, 2.75) is 6.10 Å². The molecule has 0 radical (unpaired) electrons. The highest BCUT2D eigenvalue weighted by Crippen LogP contribution is 2.22. The van der Waals surface area contributed by atoms with E-state index in [4.69, 9.17) is 10.5 Å². The Hall–Kier alpha value is -3.12. The zero-order valence-corrected chi connectivity index (χ0v) is 13.8. The highest BCUT2D eigenvalue weighted by atomic mass is 16.5. The number of fused-ring (bicyclic) bond motifs is 1. The van der Waals surface area contributed by atoms with Gasteiger partial charge in [-0.2, -0.15) is 0 Å². The number of carbonyl (C=O) groups excluding carboxylic acids is 1. The number of hydrogen-bond acceptors (Lipinski definition) is 5. The van der Waals surface area contributed by atoms with Gasteiger partial charge in [0, 0.05) is 11.9 Å². The molecular weight excluding hydrogens is 318 g/mol. The summed E-state index contributed by atoms with van der Waals surface area (Å²) in [6.45, 7) is 0.246. The highest BCUT2D eigenvalue weighted by Gasteiger charge is 2.12. The van der Waals surface area contributed by atoms with Gasteiger partial charge in [-0.05, 0) is 29.8 Å². The summed E-state index contributed by atoms with van der Waals surface area (Å²) < 4.78 is 5.10. The van der Waals surface area contributed by atoms with Crippen LogP contribution in [0.5, 0.6) is 5.75 Å². The topological polar surface area (TPSA) is 97.5 Å². The van der Waals surface area contributed by atoms with E-state index in [-0.39, 0.29) is 6.54 Å². The SMILES string of the molecule is COc1ccc([C@@H](O)CNc2cc(C(N)=O)c3ccccc3n2)cc1. The van der Waals surface area contributed by atoms with Crippen LogP contribution >= 0.6 is 0 Å². The van der Waals surface area contributed by atoms with Gasteiger partial charge < -0.3 is 20.9 Å². The standard InChI is InChI=1S/C19H19N3O3/c1-25-13-8-6-12(7-9-13)17(23)11-21-18-10-15(19(20)24)14-4-2-3-5-16(14)22-18/h2-10,17,23H,11H2,1H3,(H2,20,24)(H,21,22)/t17-/m0/s1. The summed E-state index contributed by atoms with van der Waals surface area (Å²) in [5, 5.41) is 14.1. The predicted octanol–water partition coefficient (Wildman–Crippen LogP) is 2.49. The van der Waals surface area contributed by atoms with E-state index in [1.807, 2.05) is 18.2 Å². The average Bonchev–Trinajstić information content (AvgIpc) is 2.65. The second-order valence-corrected chi connectivity index (χ2v) is 5.61. The largest absolute Gasteiger partial charge is 0.497 e. The second-order valence-electron chi connectivity index (χ2n) is 5.61. The molecule has 2 aromatic carbocycles. The molecule has 1 atom stereocenters. The normalized spacial score (nSPS) is 11.9. The van der Waals surface area contributed by atoms with Crippen molar-refractivity contribution < 1.29 is 14.6 Å². The lowest BCUT2D eigenvalue weighted by molar-refractivity contribution is 0.100. The number of methoxy groups -OCH3 is 1. The van der Waals surface area contributed by atoms with Gasteiger partial charge >= 0.3 is 0 Å². The number of nitrogens with two attached hydrogens (primary N) is 1. The maximum atomic E-state index is 11.7. The molecule has 0 spiro atoms. The molecule has 25 heavy (non-hydrogen) atoms. The third-order valence-corrected chi connectivity index (χ3v) is 3.96. The first-order chi connectivity index (χ1) is 12.1. The van der Waals surface area contributed by atoms with Crippen LogP contribution in [0, 0.1) is 0 Å². The Morgan fingerprint density at radius 2 is 1.96 bits per heavy atom. The molecule has 128 valence electrons. The minimum atomic E-state index is -0.726. The lowest BCUT2D eigenvalue weighted by Gasteiger charge is -2.14. The Balaban J connectivity index is 1.79. The fourth-order valence-corrected chi connectivity index (χ4v) is 2.61. The van der Waals surface area contributed by atoms with Crippen LogP contribution in [-0.4, -0.2) is 29.7 Å². The number of para-hydroxylation sites is 1. The number of aliphatic hydroxyl groups is 1. The number of primary amides is 1. The number of aliphatic hydroxyl groups excluding tert-OH is 1. The lowest BCUT2D eigenvalue weighted by atomic mass is 10.1. The van der Waals surface area contributed by atoms with E-state index in [2.05, 4.69) is 10.3 Å². The molecular formula is C19H19N3O3. The van der Waals surface area contributed by atoms with Crippen LogP contribution in [0.4, 0.5) is 5.82 Å². The Kier molecular flexibility index (Phi) is 4.81. The van der Waals surface area contributed by atoms with Gasteiger partial charge in [0.05, 0.1) is 24.3 Å². The molecule has 1 aromatic heterocycles. The maximum Gasteiger partial charge on any atom is 0.249 e. The fraction of sp³-hybridized carbons (Fsp3) is 0.158. The number of benzene rings is 2. The van der Waals surface area contributed by atoms with Gasteiger partial charge in [0.1, 0.15) is 11.6 Å². The predicted molar refractivity (Wildman–Crippen MR) is 96.7 cm³/mol. The number of pyridine rings is 1. The van der Waals surface area contributed by atoms with Crippen molar-refractivity contribution in [3.05, 3.63) is 65.7 Å². The van der Waals surface area contributed by atoms with E-state index < -0.39 is 12.0 Å². The van der Waals surface area contributed by atoms with Crippen molar-refractivity contribution in [1.29, 1.82) is 0 Å². The Bertz CT molecular complexity index is 894. The van der Waals surface area contributed by atoms with Gasteiger partial charge in [0.2, 0.25) is 5.91 Å². The summed E-state index contributed by atoms with van der Waals surface area (Å²) in [4.78, 5) is 16.2. The van der Waals surface area contributed by atoms with Gasteiger partial charge in [-0.3, -0.25) is 4.79 Å². The van der Waals surface area contributed by atoms with Gasteiger partial charge in [-0.25, -0.2) is 4.98 Å². The number of ether oxygens (including phenoxy) is 1. The molecule has 0 bridgehead atoms. The zero-order chi connectivity index (χ0) is 17.8. The number of amides is 1. The van der Waals surface area contributed by atoms with Crippen LogP contribution in [0.2, 0.25) is 0 Å². The summed E-state index contributed by atoms with van der Waals surface area (Å²) in [5.41, 5.74) is 7.28. The number of carbonyl (C=O) groups is 1. The maximum absolute atomic E-state index is 11.7. The summed E-state index contributed by atoms with van der Waals surface area (Å²) in [5.74, 6) is 0.698. The number of hydrogen-bond donors (Lipinski definition) is 3. The van der Waals surface area contributed by atoms with Gasteiger partial charge in [0.25, 0.3) is 0 Å². The average molecular weight is 337 g/mol. The lowest BCUT2D eigenvalue weighted by Crippen LogP contribution is -2.15. The number of anilines is 1. The van der Waals surface area contributed by atoms with Crippen LogP contribution in [0.15, 0.2) is 54.6 Å². The van der Waals surface area contributed by atoms with Gasteiger partial charge in [-0.15, -0.1) is 0 Å². The van der Waals surface area contributed by atoms with E-state index >= 15 is 0 Å². The minimum absolute atomic E-state index is 0.246. The molecule has 0 saturated heterocycles. The van der Waals surface area contributed by atoms with Crippen molar-refractivity contribution in [2.75, 3.05) is 19.0 Å². The van der Waals surface area contributed by atoms with E-state index in [0.717, 1.165) is 11.3 Å². The Labute approximate surface area is 145 Å². The quantitative estimate of drug-likeness (QED) is 0.642. The van der Waals surface area contributed by atoms with Crippen molar-refractivity contribution >= 4 is 22.6 Å². The molecule has 1 heterocycles. The molecule has 0 aliphatic carbocycles. The third kappa shape index (κ3) is 3.70. The monoisotopic (exact) mass is 337 g/mol. The zero-order valence-electron chi connectivity index (χ0n) is 13.8. The van der Waals surface area contributed by atoms with E-state index in [9.17, 15) is 9.90 Å². The van der Waals surface area contributed by atoms with Gasteiger partial charge in [-0.1, -0.05) is 30.3 Å². The van der Waals surface area contributed by atoms with Crippen LogP contribution in [0.3, 0.4) is 0 Å². The molecule has 6 nitrogen and oxygen atoms in total. The number of nitrogens with zero attached hydrogens (tertiary/aromatic N) is 1. The Morgan fingerprint density at radius 1 is 1.24 bits per heavy atom. The first kappa shape index (κ1) is 16.7. The van der Waals surface area contributed by atoms with Crippen LogP contribution in [-0.2, 0) is 0 Å². The highest BCUT2D eigenvalue weighted by molar-refractivity contribution is 6.06. The van der Waals surface area contributed by atoms with E-state index in [1.54, 1.807) is 43.5 Å². The summed E-state index contributed by atoms with van der Waals surface area (Å²) in [7, 11) is 1.59. The van der Waals surface area contributed by atoms with Gasteiger partial charge in [0.15, 0.2) is 0 Å².